The maximum atomic E-state index is 15.0. The van der Waals surface area contributed by atoms with Crippen LogP contribution in [0.5, 0.6) is 0 Å². The lowest BCUT2D eigenvalue weighted by molar-refractivity contribution is -0.206. The fourth-order valence-corrected chi connectivity index (χ4v) is 4.47. The molecule has 10 heteroatoms. The molecule has 0 spiro atoms. The van der Waals surface area contributed by atoms with Crippen molar-refractivity contribution in [3.8, 4) is 34.1 Å². The van der Waals surface area contributed by atoms with Gasteiger partial charge in [-0.05, 0) is 47.9 Å². The van der Waals surface area contributed by atoms with E-state index in [2.05, 4.69) is 6.92 Å². The molecule has 0 unspecified atom stereocenters. The van der Waals surface area contributed by atoms with Crippen LogP contribution in [0.2, 0.25) is 0 Å². The average Bonchev–Trinajstić information content (AvgIpc) is 2.87. The molecule has 0 aliphatic carbocycles. The van der Waals surface area contributed by atoms with E-state index in [0.29, 0.717) is 30.9 Å². The predicted molar refractivity (Wildman–Crippen MR) is 132 cm³/mol. The number of alkyl halides is 3. The number of halogens is 8. The first-order valence-corrected chi connectivity index (χ1v) is 12.6. The van der Waals surface area contributed by atoms with Crippen molar-refractivity contribution in [3.05, 3.63) is 82.7 Å². The van der Waals surface area contributed by atoms with Crippen LogP contribution in [0, 0.1) is 46.8 Å². The van der Waals surface area contributed by atoms with Crippen molar-refractivity contribution in [3.63, 3.8) is 0 Å². The standard InChI is InChI=1S/C30H24F8O2/c1-2-3-4-5-17-15-39-29(40-16-17)18-6-7-21(23(31)10-18)19-11-26(34)28(27(35)12-19)20-13-24(32)22(25(33)14-20)8-9-30(36,37)38/h6-7,10-14,17,29H,2-5,15-16H2,1H3. The molecule has 1 aliphatic rings. The van der Waals surface area contributed by atoms with Crippen LogP contribution in [-0.2, 0) is 9.47 Å². The van der Waals surface area contributed by atoms with E-state index in [9.17, 15) is 30.7 Å². The van der Waals surface area contributed by atoms with E-state index < -0.39 is 58.2 Å². The molecule has 0 atom stereocenters. The summed E-state index contributed by atoms with van der Waals surface area (Å²) in [7, 11) is 0. The first-order valence-electron chi connectivity index (χ1n) is 12.6. The largest absolute Gasteiger partial charge is 0.458 e. The molecule has 4 rings (SSSR count). The molecule has 3 aromatic carbocycles. The molecule has 1 heterocycles. The first kappa shape index (κ1) is 29.6. The summed E-state index contributed by atoms with van der Waals surface area (Å²) in [6.07, 6.45) is -1.51. The third-order valence-electron chi connectivity index (χ3n) is 6.46. The van der Waals surface area contributed by atoms with E-state index in [1.807, 2.05) is 0 Å². The Morgan fingerprint density at radius 1 is 0.775 bits per heavy atom. The lowest BCUT2D eigenvalue weighted by atomic mass is 9.96. The van der Waals surface area contributed by atoms with Crippen LogP contribution in [-0.4, -0.2) is 19.4 Å². The molecule has 0 amide bonds. The topological polar surface area (TPSA) is 18.5 Å². The molecule has 1 fully saturated rings. The molecule has 212 valence electrons. The molecular weight excluding hydrogens is 544 g/mol. The molecule has 0 radical (unpaired) electrons. The minimum absolute atomic E-state index is 0.142. The van der Waals surface area contributed by atoms with Gasteiger partial charge in [-0.3, -0.25) is 0 Å². The second-order valence-electron chi connectivity index (χ2n) is 9.48. The molecule has 3 aromatic rings. The smallest absolute Gasteiger partial charge is 0.348 e. The Bertz CT molecular complexity index is 1380. The average molecular weight is 569 g/mol. The minimum atomic E-state index is -4.99. The maximum Gasteiger partial charge on any atom is 0.458 e. The highest BCUT2D eigenvalue weighted by Gasteiger charge is 2.26. The second kappa shape index (κ2) is 12.4. The van der Waals surface area contributed by atoms with Crippen LogP contribution in [0.3, 0.4) is 0 Å². The number of hydrogen-bond acceptors (Lipinski definition) is 2. The van der Waals surface area contributed by atoms with Crippen LogP contribution in [0.15, 0.2) is 42.5 Å². The van der Waals surface area contributed by atoms with Gasteiger partial charge in [0.05, 0.1) is 24.3 Å². The van der Waals surface area contributed by atoms with Crippen molar-refractivity contribution in [2.24, 2.45) is 5.92 Å². The normalized spacial score (nSPS) is 17.4. The van der Waals surface area contributed by atoms with Gasteiger partial charge in [0.25, 0.3) is 0 Å². The minimum Gasteiger partial charge on any atom is -0.348 e. The van der Waals surface area contributed by atoms with Crippen molar-refractivity contribution in [1.29, 1.82) is 0 Å². The van der Waals surface area contributed by atoms with Crippen LogP contribution in [0.25, 0.3) is 22.3 Å². The Balaban J connectivity index is 1.55. The molecule has 40 heavy (non-hydrogen) atoms. The van der Waals surface area contributed by atoms with Crippen LogP contribution in [0.1, 0.15) is 50.0 Å². The summed E-state index contributed by atoms with van der Waals surface area (Å²) < 4.78 is 122. The highest BCUT2D eigenvalue weighted by molar-refractivity contribution is 5.73. The second-order valence-corrected chi connectivity index (χ2v) is 9.48. The van der Waals surface area contributed by atoms with Crippen LogP contribution in [0.4, 0.5) is 35.1 Å². The molecule has 0 bridgehead atoms. The SMILES string of the molecule is CCCCCC1COC(c2ccc(-c3cc(F)c(-c4cc(F)c(C#CC(F)(F)F)c(F)c4)c(F)c3)c(F)c2)OC1. The van der Waals surface area contributed by atoms with Crippen molar-refractivity contribution in [1.82, 2.24) is 0 Å². The van der Waals surface area contributed by atoms with Gasteiger partial charge in [-0.2, -0.15) is 13.2 Å². The quantitative estimate of drug-likeness (QED) is 0.161. The van der Waals surface area contributed by atoms with Gasteiger partial charge in [0.15, 0.2) is 6.29 Å². The van der Waals surface area contributed by atoms with Crippen molar-refractivity contribution in [2.45, 2.75) is 45.1 Å². The summed E-state index contributed by atoms with van der Waals surface area (Å²) in [5.41, 5.74) is -2.57. The van der Waals surface area contributed by atoms with Crippen molar-refractivity contribution in [2.75, 3.05) is 13.2 Å². The molecular formula is C30H24F8O2. The molecule has 0 aromatic heterocycles. The van der Waals surface area contributed by atoms with Gasteiger partial charge in [0, 0.05) is 23.0 Å². The van der Waals surface area contributed by atoms with Gasteiger partial charge in [-0.25, -0.2) is 22.0 Å². The lowest BCUT2D eigenvalue weighted by Gasteiger charge is -2.29. The number of ether oxygens (including phenoxy) is 2. The van der Waals surface area contributed by atoms with Crippen LogP contribution < -0.4 is 0 Å². The summed E-state index contributed by atoms with van der Waals surface area (Å²) in [6, 6.07) is 6.49. The Morgan fingerprint density at radius 3 is 1.93 bits per heavy atom. The zero-order valence-corrected chi connectivity index (χ0v) is 21.3. The van der Waals surface area contributed by atoms with E-state index in [0.717, 1.165) is 49.8 Å². The van der Waals surface area contributed by atoms with Gasteiger partial charge >= 0.3 is 6.18 Å². The third-order valence-corrected chi connectivity index (χ3v) is 6.46. The monoisotopic (exact) mass is 568 g/mol. The van der Waals surface area contributed by atoms with Gasteiger partial charge in [0.1, 0.15) is 29.1 Å². The Morgan fingerprint density at radius 2 is 1.38 bits per heavy atom. The molecule has 1 aliphatic heterocycles. The highest BCUT2D eigenvalue weighted by atomic mass is 19.4. The van der Waals surface area contributed by atoms with E-state index >= 15 is 4.39 Å². The fourth-order valence-electron chi connectivity index (χ4n) is 4.47. The van der Waals surface area contributed by atoms with E-state index in [4.69, 9.17) is 9.47 Å². The summed E-state index contributed by atoms with van der Waals surface area (Å²) in [4.78, 5) is 0. The van der Waals surface area contributed by atoms with E-state index in [-0.39, 0.29) is 17.0 Å². The van der Waals surface area contributed by atoms with E-state index in [1.165, 1.54) is 18.1 Å². The molecule has 0 N–H and O–H groups in total. The number of benzene rings is 3. The van der Waals surface area contributed by atoms with E-state index in [1.54, 1.807) is 0 Å². The summed E-state index contributed by atoms with van der Waals surface area (Å²) >= 11 is 0. The first-order chi connectivity index (χ1) is 19.0. The van der Waals surface area contributed by atoms with Gasteiger partial charge in [-0.15, -0.1) is 0 Å². The predicted octanol–water partition coefficient (Wildman–Crippen LogP) is 8.87. The van der Waals surface area contributed by atoms with Gasteiger partial charge in [0.2, 0.25) is 0 Å². The number of rotatable bonds is 7. The zero-order valence-electron chi connectivity index (χ0n) is 21.3. The Kier molecular flexibility index (Phi) is 9.16. The molecule has 0 saturated carbocycles. The summed E-state index contributed by atoms with van der Waals surface area (Å²) in [6.45, 7) is 3.04. The highest BCUT2D eigenvalue weighted by Crippen LogP contribution is 2.35. The number of unbranched alkanes of at least 4 members (excludes halogenated alkanes) is 2. The summed E-state index contributed by atoms with van der Waals surface area (Å²) in [5, 5.41) is 0. The van der Waals surface area contributed by atoms with Crippen molar-refractivity contribution < 1.29 is 44.6 Å². The van der Waals surface area contributed by atoms with Gasteiger partial charge < -0.3 is 9.47 Å². The van der Waals surface area contributed by atoms with Crippen LogP contribution >= 0.6 is 0 Å². The maximum absolute atomic E-state index is 15.0. The fraction of sp³-hybridized carbons (Fsp3) is 0.333. The Hall–Kier alpha value is -3.42. The zero-order chi connectivity index (χ0) is 29.0. The Labute approximate surface area is 225 Å². The lowest BCUT2D eigenvalue weighted by Crippen LogP contribution is -2.27. The summed E-state index contributed by atoms with van der Waals surface area (Å²) in [5.74, 6) is -4.07. The van der Waals surface area contributed by atoms with Gasteiger partial charge in [-0.1, -0.05) is 44.2 Å². The number of hydrogen-bond donors (Lipinski definition) is 0. The van der Waals surface area contributed by atoms with Crippen molar-refractivity contribution >= 4 is 0 Å². The molecule has 2 nitrogen and oxygen atoms in total. The molecule has 1 saturated heterocycles. The third kappa shape index (κ3) is 7.01.